The van der Waals surface area contributed by atoms with Crippen molar-refractivity contribution in [3.05, 3.63) is 36.0 Å². The van der Waals surface area contributed by atoms with E-state index in [1.165, 1.54) is 24.8 Å². The highest BCUT2D eigenvalue weighted by molar-refractivity contribution is 6.01. The van der Waals surface area contributed by atoms with E-state index in [9.17, 15) is 0 Å². The zero-order valence-corrected chi connectivity index (χ0v) is 8.42. The van der Waals surface area contributed by atoms with Crippen LogP contribution in [0.5, 0.6) is 0 Å². The maximum Gasteiger partial charge on any atom is 0.343 e. The molecule has 0 saturated carbocycles. The van der Waals surface area contributed by atoms with Gasteiger partial charge in [0.25, 0.3) is 7.11 Å². The standard InChI is InChI=1S/C12H17O/c1-3-4-5-6-11-7-9-12(13-2)10-8-11/h6-10H,3-5H2,1-2H3/q+1. The zero-order chi connectivity index (χ0) is 9.52. The molecule has 1 nitrogen and oxygen atoms in total. The highest BCUT2D eigenvalue weighted by Crippen LogP contribution is 2.08. The molecule has 1 aliphatic carbocycles. The summed E-state index contributed by atoms with van der Waals surface area (Å²) in [5.41, 5.74) is 1.29. The quantitative estimate of drug-likeness (QED) is 0.464. The lowest BCUT2D eigenvalue weighted by atomic mass is 10.1. The largest absolute Gasteiger partial charge is 0.343 e. The Balaban J connectivity index is 2.48. The third-order valence-electron chi connectivity index (χ3n) is 2.05. The number of allylic oxidation sites excluding steroid dienone is 6. The molecule has 0 fully saturated rings. The number of ketones is 1. The van der Waals surface area contributed by atoms with Crippen molar-refractivity contribution in [2.45, 2.75) is 26.2 Å². The van der Waals surface area contributed by atoms with E-state index in [1.807, 2.05) is 12.2 Å². The molecule has 13 heavy (non-hydrogen) atoms. The molecule has 0 atom stereocenters. The van der Waals surface area contributed by atoms with Gasteiger partial charge in [-0.3, -0.25) is 4.42 Å². The van der Waals surface area contributed by atoms with Gasteiger partial charge in [0.05, 0.1) is 0 Å². The van der Waals surface area contributed by atoms with Gasteiger partial charge >= 0.3 is 5.78 Å². The van der Waals surface area contributed by atoms with Crippen molar-refractivity contribution in [2.75, 3.05) is 7.11 Å². The molecule has 0 unspecified atom stereocenters. The average molecular weight is 177 g/mol. The Morgan fingerprint density at radius 3 is 2.46 bits per heavy atom. The van der Waals surface area contributed by atoms with Crippen LogP contribution in [0.15, 0.2) is 36.0 Å². The summed E-state index contributed by atoms with van der Waals surface area (Å²) in [4.78, 5) is 0. The topological polar surface area (TPSA) is 11.3 Å². The van der Waals surface area contributed by atoms with Crippen molar-refractivity contribution in [3.63, 3.8) is 0 Å². The lowest BCUT2D eigenvalue weighted by Crippen LogP contribution is -1.95. The van der Waals surface area contributed by atoms with Gasteiger partial charge in [0.1, 0.15) is 0 Å². The van der Waals surface area contributed by atoms with Crippen LogP contribution in [-0.2, 0) is 4.42 Å². The van der Waals surface area contributed by atoms with Gasteiger partial charge in [0.15, 0.2) is 0 Å². The van der Waals surface area contributed by atoms with E-state index >= 15 is 0 Å². The van der Waals surface area contributed by atoms with Crippen molar-refractivity contribution < 1.29 is 4.42 Å². The lowest BCUT2D eigenvalue weighted by Gasteiger charge is -1.97. The second-order valence-electron chi connectivity index (χ2n) is 3.12. The van der Waals surface area contributed by atoms with E-state index in [4.69, 9.17) is 4.42 Å². The van der Waals surface area contributed by atoms with Crippen molar-refractivity contribution >= 4 is 5.78 Å². The van der Waals surface area contributed by atoms with E-state index in [0.29, 0.717) is 0 Å². The number of rotatable bonds is 3. The molecule has 0 aliphatic heterocycles. The minimum absolute atomic E-state index is 0.924. The molecule has 1 aliphatic rings. The van der Waals surface area contributed by atoms with Gasteiger partial charge in [-0.05, 0) is 24.1 Å². The average Bonchev–Trinajstić information content (AvgIpc) is 2.19. The summed E-state index contributed by atoms with van der Waals surface area (Å²) in [5, 5.41) is 0. The minimum atomic E-state index is 0.924. The molecule has 1 rings (SSSR count). The van der Waals surface area contributed by atoms with E-state index in [2.05, 4.69) is 25.2 Å². The van der Waals surface area contributed by atoms with E-state index < -0.39 is 0 Å². The predicted molar refractivity (Wildman–Crippen MR) is 56.8 cm³/mol. The van der Waals surface area contributed by atoms with Gasteiger partial charge in [-0.1, -0.05) is 25.8 Å². The van der Waals surface area contributed by atoms with Crippen LogP contribution in [0.4, 0.5) is 0 Å². The minimum Gasteiger partial charge on any atom is -0.258 e. The van der Waals surface area contributed by atoms with Crippen molar-refractivity contribution in [2.24, 2.45) is 0 Å². The van der Waals surface area contributed by atoms with Crippen LogP contribution in [0.2, 0.25) is 0 Å². The summed E-state index contributed by atoms with van der Waals surface area (Å²) in [7, 11) is 1.69. The fourth-order valence-corrected chi connectivity index (χ4v) is 1.21. The molecule has 1 heteroatoms. The molecule has 0 aromatic carbocycles. The second kappa shape index (κ2) is 5.52. The molecule has 0 bridgehead atoms. The van der Waals surface area contributed by atoms with E-state index in [0.717, 1.165) is 5.78 Å². The Labute approximate surface area is 80.2 Å². The van der Waals surface area contributed by atoms with Gasteiger partial charge in [0.2, 0.25) is 0 Å². The monoisotopic (exact) mass is 177 g/mol. The first-order valence-electron chi connectivity index (χ1n) is 4.84. The molecule has 0 aromatic heterocycles. The van der Waals surface area contributed by atoms with Gasteiger partial charge in [0, 0.05) is 12.2 Å². The van der Waals surface area contributed by atoms with Crippen LogP contribution in [0.3, 0.4) is 0 Å². The van der Waals surface area contributed by atoms with Crippen LogP contribution in [0, 0.1) is 0 Å². The Morgan fingerprint density at radius 2 is 1.92 bits per heavy atom. The van der Waals surface area contributed by atoms with Crippen molar-refractivity contribution in [1.82, 2.24) is 0 Å². The van der Waals surface area contributed by atoms with Crippen LogP contribution in [0.1, 0.15) is 26.2 Å². The van der Waals surface area contributed by atoms with Gasteiger partial charge in [-0.2, -0.15) is 0 Å². The molecule has 0 radical (unpaired) electrons. The smallest absolute Gasteiger partial charge is 0.258 e. The first-order valence-corrected chi connectivity index (χ1v) is 4.84. The molecular weight excluding hydrogens is 160 g/mol. The summed E-state index contributed by atoms with van der Waals surface area (Å²) in [5.74, 6) is 0.924. The summed E-state index contributed by atoms with van der Waals surface area (Å²) in [6.07, 6.45) is 14.1. The SMILES string of the molecule is CCCCC=C1C=CC(=[O+]C)C=C1. The molecule has 70 valence electrons. The Morgan fingerprint density at radius 1 is 1.23 bits per heavy atom. The highest BCUT2D eigenvalue weighted by atomic mass is 16.4. The second-order valence-corrected chi connectivity index (χ2v) is 3.12. The van der Waals surface area contributed by atoms with E-state index in [-0.39, 0.29) is 0 Å². The van der Waals surface area contributed by atoms with Crippen LogP contribution < -0.4 is 0 Å². The Hall–Kier alpha value is -1.11. The number of hydrogen-bond donors (Lipinski definition) is 0. The van der Waals surface area contributed by atoms with Gasteiger partial charge < -0.3 is 0 Å². The first kappa shape index (κ1) is 9.97. The number of hydrogen-bond acceptors (Lipinski definition) is 0. The third kappa shape index (κ3) is 3.41. The van der Waals surface area contributed by atoms with Gasteiger partial charge in [-0.25, -0.2) is 0 Å². The summed E-state index contributed by atoms with van der Waals surface area (Å²) in [6.45, 7) is 2.21. The lowest BCUT2D eigenvalue weighted by molar-refractivity contribution is -0.417. The number of carbonyl (C=O) groups excluding carboxylic acids is 1. The van der Waals surface area contributed by atoms with Crippen molar-refractivity contribution in [1.29, 1.82) is 0 Å². The van der Waals surface area contributed by atoms with Crippen LogP contribution in [0.25, 0.3) is 0 Å². The summed E-state index contributed by atoms with van der Waals surface area (Å²) < 4.78 is 5.08. The fourth-order valence-electron chi connectivity index (χ4n) is 1.21. The van der Waals surface area contributed by atoms with Gasteiger partial charge in [-0.15, -0.1) is 0 Å². The van der Waals surface area contributed by atoms with Crippen molar-refractivity contribution in [3.8, 4) is 0 Å². The molecular formula is C12H17O+. The molecule has 0 heterocycles. The first-order chi connectivity index (χ1) is 6.36. The zero-order valence-electron chi connectivity index (χ0n) is 8.42. The Kier molecular flexibility index (Phi) is 4.24. The Bertz CT molecular complexity index is 249. The van der Waals surface area contributed by atoms with E-state index in [1.54, 1.807) is 7.11 Å². The highest BCUT2D eigenvalue weighted by Gasteiger charge is 2.04. The predicted octanol–water partition coefficient (Wildman–Crippen LogP) is 2.96. The van der Waals surface area contributed by atoms with Crippen LogP contribution in [-0.4, -0.2) is 12.9 Å². The molecule has 0 spiro atoms. The van der Waals surface area contributed by atoms with Crippen LogP contribution >= 0.6 is 0 Å². The molecule has 0 saturated heterocycles. The molecule has 0 aromatic rings. The summed E-state index contributed by atoms with van der Waals surface area (Å²) in [6, 6.07) is 0. The normalized spacial score (nSPS) is 14.9. The maximum atomic E-state index is 5.08. The number of unbranched alkanes of at least 4 members (excludes halogenated alkanes) is 2. The fraction of sp³-hybridized carbons (Fsp3) is 0.417. The molecule has 0 amide bonds. The third-order valence-corrected chi connectivity index (χ3v) is 2.05. The summed E-state index contributed by atoms with van der Waals surface area (Å²) >= 11 is 0. The maximum absolute atomic E-state index is 5.08. The molecule has 0 N–H and O–H groups in total.